The summed E-state index contributed by atoms with van der Waals surface area (Å²) >= 11 is 0. The first-order valence-corrected chi connectivity index (χ1v) is 15.1. The molecule has 0 aliphatic heterocycles. The van der Waals surface area contributed by atoms with Gasteiger partial charge < -0.3 is 20.1 Å². The quantitative estimate of drug-likeness (QED) is 0.156. The van der Waals surface area contributed by atoms with E-state index in [-0.39, 0.29) is 34.2 Å². The molecule has 0 radical (unpaired) electrons. The molecule has 8 rings (SSSR count). The lowest BCUT2D eigenvalue weighted by Crippen LogP contribution is -1.92. The minimum absolute atomic E-state index is 0.0511. The molecule has 0 aliphatic rings. The van der Waals surface area contributed by atoms with Gasteiger partial charge >= 0.3 is 0 Å². The van der Waals surface area contributed by atoms with Crippen LogP contribution in [0.4, 0.5) is 17.6 Å². The van der Waals surface area contributed by atoms with Gasteiger partial charge in [-0.2, -0.15) is 0 Å². The Hall–Kier alpha value is -6.96. The first-order valence-electron chi connectivity index (χ1n) is 15.1. The summed E-state index contributed by atoms with van der Waals surface area (Å²) < 4.78 is 63.5. The van der Waals surface area contributed by atoms with E-state index in [1.165, 1.54) is 19.4 Å². The normalized spacial score (nSPS) is 11.1. The molecule has 14 heteroatoms. The molecule has 10 nitrogen and oxygen atoms in total. The number of rotatable bonds is 5. The largest absolute Gasteiger partial charge is 0.506 e. The average molecular weight is 693 g/mol. The topological polar surface area (TPSA) is 130 Å². The lowest BCUT2D eigenvalue weighted by atomic mass is 10.1. The molecule has 0 bridgehead atoms. The molecule has 0 saturated heterocycles. The summed E-state index contributed by atoms with van der Waals surface area (Å²) in [6.45, 7) is 0. The number of nitrogens with zero attached hydrogens (tertiary/aromatic N) is 6. The Balaban J connectivity index is 0.000000159. The third-order valence-electron chi connectivity index (χ3n) is 7.86. The highest BCUT2D eigenvalue weighted by atomic mass is 19.1. The van der Waals surface area contributed by atoms with Crippen LogP contribution in [0.5, 0.6) is 23.0 Å². The summed E-state index contributed by atoms with van der Waals surface area (Å²) in [5.41, 5.74) is 2.60. The molecular formula is C37H24F4N6O4. The third kappa shape index (κ3) is 5.88. The standard InChI is InChI=1S/C19H13F2N3O2.C18H11F2N3O2/c1-26-15-6-4-7-22-17(15)16-14-5-2-3-8-24(14)19(23-16)12-9-11(20)10-13(21)18(12)25;19-10-8-11(17(25)12(20)9-10)18-22-15(13-4-1-2-7-23(13)18)16-14(24)5-3-6-21-16/h2-10,25H,1H3;1-9,24-25H. The minimum atomic E-state index is -1.08. The van der Waals surface area contributed by atoms with Gasteiger partial charge in [0.05, 0.1) is 29.3 Å². The molecule has 0 unspecified atom stereocenters. The number of aromatic nitrogens is 6. The fourth-order valence-electron chi connectivity index (χ4n) is 5.59. The number of aromatic hydroxyl groups is 3. The van der Waals surface area contributed by atoms with Crippen LogP contribution in [0.2, 0.25) is 0 Å². The van der Waals surface area contributed by atoms with Crippen LogP contribution in [0.15, 0.2) is 110 Å². The second-order valence-electron chi connectivity index (χ2n) is 11.0. The van der Waals surface area contributed by atoms with Crippen LogP contribution in [0.1, 0.15) is 0 Å². The Morgan fingerprint density at radius 3 is 1.57 bits per heavy atom. The number of halogens is 4. The van der Waals surface area contributed by atoms with E-state index in [1.807, 2.05) is 6.07 Å². The Morgan fingerprint density at radius 1 is 0.569 bits per heavy atom. The number of imidazole rings is 2. The van der Waals surface area contributed by atoms with Crippen LogP contribution in [0.3, 0.4) is 0 Å². The van der Waals surface area contributed by atoms with Crippen LogP contribution in [-0.4, -0.2) is 51.2 Å². The predicted octanol–water partition coefficient (Wildman–Crippen LogP) is 7.81. The van der Waals surface area contributed by atoms with Crippen molar-refractivity contribution >= 4 is 11.0 Å². The average Bonchev–Trinajstić information content (AvgIpc) is 3.71. The molecule has 0 amide bonds. The van der Waals surface area contributed by atoms with Gasteiger partial charge in [-0.15, -0.1) is 0 Å². The Bertz CT molecular complexity index is 2590. The van der Waals surface area contributed by atoms with Crippen molar-refractivity contribution < 1.29 is 37.6 Å². The first kappa shape index (κ1) is 32.6. The molecule has 51 heavy (non-hydrogen) atoms. The van der Waals surface area contributed by atoms with Gasteiger partial charge in [0.1, 0.15) is 57.6 Å². The summed E-state index contributed by atoms with van der Waals surface area (Å²) in [5.74, 6) is -4.37. The molecule has 0 saturated carbocycles. The maximum absolute atomic E-state index is 13.8. The van der Waals surface area contributed by atoms with Crippen LogP contribution in [0, 0.1) is 23.3 Å². The SMILES string of the molecule is COc1cccnc1-c1nc(-c2cc(F)cc(F)c2O)n2ccccc12.Oc1cccnc1-c1nc(-c2cc(F)cc(F)c2O)n2ccccc12. The second-order valence-corrected chi connectivity index (χ2v) is 11.0. The molecule has 3 N–H and O–H groups in total. The van der Waals surface area contributed by atoms with E-state index in [2.05, 4.69) is 19.9 Å². The number of phenolic OH excluding ortho intramolecular Hbond substituents is 2. The van der Waals surface area contributed by atoms with Crippen molar-refractivity contribution in [2.75, 3.05) is 7.11 Å². The number of methoxy groups -OCH3 is 1. The number of ether oxygens (including phenoxy) is 1. The van der Waals surface area contributed by atoms with Gasteiger partial charge in [0.25, 0.3) is 0 Å². The van der Waals surface area contributed by atoms with Gasteiger partial charge in [0, 0.05) is 36.9 Å². The number of phenols is 2. The second kappa shape index (κ2) is 13.2. The number of hydrogen-bond acceptors (Lipinski definition) is 8. The Kier molecular flexibility index (Phi) is 8.40. The summed E-state index contributed by atoms with van der Waals surface area (Å²) in [6.07, 6.45) is 6.44. The molecule has 8 aromatic rings. The van der Waals surface area contributed by atoms with E-state index in [0.29, 0.717) is 46.0 Å². The maximum atomic E-state index is 13.8. The summed E-state index contributed by atoms with van der Waals surface area (Å²) in [5, 5.41) is 30.2. The number of pyridine rings is 4. The van der Waals surface area contributed by atoms with Crippen LogP contribution < -0.4 is 4.74 Å². The van der Waals surface area contributed by atoms with Crippen molar-refractivity contribution in [2.45, 2.75) is 0 Å². The number of fused-ring (bicyclic) bond motifs is 2. The maximum Gasteiger partial charge on any atom is 0.168 e. The van der Waals surface area contributed by atoms with E-state index < -0.39 is 34.8 Å². The summed E-state index contributed by atoms with van der Waals surface area (Å²) in [7, 11) is 1.52. The van der Waals surface area contributed by atoms with Gasteiger partial charge in [-0.05, 0) is 60.7 Å². The highest BCUT2D eigenvalue weighted by Gasteiger charge is 2.23. The molecule has 6 heterocycles. The summed E-state index contributed by atoms with van der Waals surface area (Å²) in [4.78, 5) is 17.3. The van der Waals surface area contributed by atoms with Gasteiger partial charge in [0.2, 0.25) is 0 Å². The minimum Gasteiger partial charge on any atom is -0.506 e. The zero-order chi connectivity index (χ0) is 35.8. The van der Waals surface area contributed by atoms with Crippen LogP contribution >= 0.6 is 0 Å². The first-order chi connectivity index (χ1) is 24.7. The van der Waals surface area contributed by atoms with E-state index in [0.717, 1.165) is 12.1 Å². The zero-order valence-corrected chi connectivity index (χ0v) is 26.3. The van der Waals surface area contributed by atoms with Crippen molar-refractivity contribution in [3.63, 3.8) is 0 Å². The van der Waals surface area contributed by atoms with Crippen molar-refractivity contribution in [1.29, 1.82) is 0 Å². The Labute approximate surface area is 285 Å². The van der Waals surface area contributed by atoms with Crippen LogP contribution in [-0.2, 0) is 0 Å². The molecule has 0 atom stereocenters. The fraction of sp³-hybridized carbons (Fsp3) is 0.0270. The molecule has 2 aromatic carbocycles. The lowest BCUT2D eigenvalue weighted by molar-refractivity contribution is 0.414. The van der Waals surface area contributed by atoms with Crippen molar-refractivity contribution in [2.24, 2.45) is 0 Å². The van der Waals surface area contributed by atoms with E-state index in [4.69, 9.17) is 4.74 Å². The number of hydrogen-bond donors (Lipinski definition) is 3. The fourth-order valence-corrected chi connectivity index (χ4v) is 5.59. The smallest absolute Gasteiger partial charge is 0.168 e. The monoisotopic (exact) mass is 692 g/mol. The van der Waals surface area contributed by atoms with Gasteiger partial charge in [-0.25, -0.2) is 27.5 Å². The van der Waals surface area contributed by atoms with Crippen molar-refractivity contribution in [1.82, 2.24) is 28.7 Å². The van der Waals surface area contributed by atoms with Crippen molar-refractivity contribution in [3.05, 3.63) is 133 Å². The van der Waals surface area contributed by atoms with E-state index in [9.17, 15) is 32.9 Å². The molecule has 0 fully saturated rings. The zero-order valence-electron chi connectivity index (χ0n) is 26.3. The predicted molar refractivity (Wildman–Crippen MR) is 179 cm³/mol. The highest BCUT2D eigenvalue weighted by molar-refractivity contribution is 5.84. The van der Waals surface area contributed by atoms with Crippen LogP contribution in [0.25, 0.3) is 56.6 Å². The van der Waals surface area contributed by atoms with Crippen molar-refractivity contribution in [3.8, 4) is 68.5 Å². The molecule has 0 spiro atoms. The molecular weight excluding hydrogens is 668 g/mol. The van der Waals surface area contributed by atoms with E-state index >= 15 is 0 Å². The van der Waals surface area contributed by atoms with Gasteiger partial charge in [-0.3, -0.25) is 18.8 Å². The highest BCUT2D eigenvalue weighted by Crippen LogP contribution is 2.39. The molecule has 6 aromatic heterocycles. The number of benzene rings is 2. The van der Waals surface area contributed by atoms with Gasteiger partial charge in [0.15, 0.2) is 23.1 Å². The molecule has 0 aliphatic carbocycles. The Morgan fingerprint density at radius 2 is 1.06 bits per heavy atom. The van der Waals surface area contributed by atoms with E-state index in [1.54, 1.807) is 75.9 Å². The summed E-state index contributed by atoms with van der Waals surface area (Å²) in [6, 6.07) is 20.4. The third-order valence-corrected chi connectivity index (χ3v) is 7.86. The lowest BCUT2D eigenvalue weighted by Gasteiger charge is -2.05. The molecule has 254 valence electrons. The van der Waals surface area contributed by atoms with Gasteiger partial charge in [-0.1, -0.05) is 12.1 Å².